The molecule has 1 atom stereocenters. The van der Waals surface area contributed by atoms with Crippen LogP contribution < -0.4 is 0 Å². The number of rotatable bonds is 1. The molecule has 0 aliphatic carbocycles. The molecule has 0 radical (unpaired) electrons. The highest BCUT2D eigenvalue weighted by atomic mass is 32.2. The first-order chi connectivity index (χ1) is 4.34. The second kappa shape index (κ2) is 3.47. The molecule has 0 amide bonds. The van der Waals surface area contributed by atoms with E-state index in [1.165, 1.54) is 25.8 Å². The topological polar surface area (TPSA) is 3.24 Å². The molecule has 54 valence electrons. The summed E-state index contributed by atoms with van der Waals surface area (Å²) in [6.07, 6.45) is 6.38. The fourth-order valence-corrected chi connectivity index (χ4v) is 2.12. The van der Waals surface area contributed by atoms with Gasteiger partial charge in [-0.1, -0.05) is 18.4 Å². The lowest BCUT2D eigenvalue weighted by molar-refractivity contribution is 0.293. The lowest BCUT2D eigenvalue weighted by Gasteiger charge is -2.30. The lowest BCUT2D eigenvalue weighted by Crippen LogP contribution is -2.31. The van der Waals surface area contributed by atoms with Crippen LogP contribution in [0.15, 0.2) is 0 Å². The van der Waals surface area contributed by atoms with E-state index in [2.05, 4.69) is 17.5 Å². The van der Waals surface area contributed by atoms with Gasteiger partial charge in [0.1, 0.15) is 0 Å². The number of hydrogen-bond acceptors (Lipinski definition) is 2. The number of nitrogens with zero attached hydrogens (tertiary/aromatic N) is 1. The van der Waals surface area contributed by atoms with Crippen molar-refractivity contribution in [2.75, 3.05) is 12.8 Å². The second-order valence-electron chi connectivity index (χ2n) is 2.67. The Bertz CT molecular complexity index is 85.0. The fraction of sp³-hybridized carbons (Fsp3) is 1.00. The Balaban J connectivity index is 2.30. The standard InChI is InChI=1S/C7H15NS/c1-7-5-3-4-6-8(7)9-2/h7H,3-6H2,1-2H3. The SMILES string of the molecule is CSN1CCCCC1C. The van der Waals surface area contributed by atoms with Gasteiger partial charge in [0.15, 0.2) is 0 Å². The van der Waals surface area contributed by atoms with Crippen molar-refractivity contribution >= 4 is 11.9 Å². The van der Waals surface area contributed by atoms with Gasteiger partial charge < -0.3 is 0 Å². The van der Waals surface area contributed by atoms with Crippen molar-refractivity contribution in [3.8, 4) is 0 Å². The summed E-state index contributed by atoms with van der Waals surface area (Å²) in [4.78, 5) is 0. The molecule has 1 aliphatic heterocycles. The molecule has 1 heterocycles. The van der Waals surface area contributed by atoms with Crippen molar-refractivity contribution in [3.05, 3.63) is 0 Å². The predicted molar refractivity (Wildman–Crippen MR) is 43.5 cm³/mol. The third-order valence-electron chi connectivity index (χ3n) is 1.98. The van der Waals surface area contributed by atoms with E-state index in [0.717, 1.165) is 6.04 Å². The maximum absolute atomic E-state index is 2.48. The van der Waals surface area contributed by atoms with Crippen LogP contribution >= 0.6 is 11.9 Å². The summed E-state index contributed by atoms with van der Waals surface area (Å²) in [6, 6.07) is 0.814. The zero-order valence-corrected chi connectivity index (χ0v) is 7.08. The minimum atomic E-state index is 0.814. The van der Waals surface area contributed by atoms with Crippen LogP contribution in [0.2, 0.25) is 0 Å². The van der Waals surface area contributed by atoms with Crippen LogP contribution in [0.1, 0.15) is 26.2 Å². The van der Waals surface area contributed by atoms with Gasteiger partial charge in [-0.25, -0.2) is 4.31 Å². The smallest absolute Gasteiger partial charge is 0.0174 e. The van der Waals surface area contributed by atoms with Crippen LogP contribution in [-0.4, -0.2) is 23.1 Å². The summed E-state index contributed by atoms with van der Waals surface area (Å²) < 4.78 is 2.48. The van der Waals surface area contributed by atoms with Crippen LogP contribution in [0.25, 0.3) is 0 Å². The van der Waals surface area contributed by atoms with Crippen molar-refractivity contribution in [1.82, 2.24) is 4.31 Å². The van der Waals surface area contributed by atoms with E-state index < -0.39 is 0 Å². The lowest BCUT2D eigenvalue weighted by atomic mass is 10.1. The largest absolute Gasteiger partial charge is 0.248 e. The van der Waals surface area contributed by atoms with Crippen LogP contribution in [0.5, 0.6) is 0 Å². The quantitative estimate of drug-likeness (QED) is 0.520. The zero-order chi connectivity index (χ0) is 6.69. The molecule has 0 aromatic heterocycles. The second-order valence-corrected chi connectivity index (χ2v) is 3.50. The van der Waals surface area contributed by atoms with Crippen LogP contribution in [0.4, 0.5) is 0 Å². The Morgan fingerprint density at radius 2 is 2.22 bits per heavy atom. The molecule has 0 aromatic rings. The van der Waals surface area contributed by atoms with Crippen molar-refractivity contribution in [2.24, 2.45) is 0 Å². The van der Waals surface area contributed by atoms with E-state index in [-0.39, 0.29) is 0 Å². The summed E-state index contributed by atoms with van der Waals surface area (Å²) in [5.41, 5.74) is 0. The van der Waals surface area contributed by atoms with E-state index in [0.29, 0.717) is 0 Å². The van der Waals surface area contributed by atoms with E-state index >= 15 is 0 Å². The molecule has 1 aliphatic rings. The average molecular weight is 145 g/mol. The summed E-state index contributed by atoms with van der Waals surface area (Å²) in [6.45, 7) is 3.61. The Hall–Kier alpha value is 0.310. The highest BCUT2D eigenvalue weighted by Gasteiger charge is 2.16. The first-order valence-electron chi connectivity index (χ1n) is 3.65. The maximum Gasteiger partial charge on any atom is 0.0174 e. The van der Waals surface area contributed by atoms with Gasteiger partial charge in [-0.15, -0.1) is 0 Å². The molecule has 0 bridgehead atoms. The molecule has 1 rings (SSSR count). The molecule has 0 spiro atoms. The van der Waals surface area contributed by atoms with Crippen molar-refractivity contribution in [3.63, 3.8) is 0 Å². The molecule has 1 unspecified atom stereocenters. The van der Waals surface area contributed by atoms with E-state index in [1.54, 1.807) is 0 Å². The van der Waals surface area contributed by atoms with Crippen molar-refractivity contribution in [2.45, 2.75) is 32.2 Å². The normalized spacial score (nSPS) is 30.7. The van der Waals surface area contributed by atoms with Gasteiger partial charge in [-0.2, -0.15) is 0 Å². The summed E-state index contributed by atoms with van der Waals surface area (Å²) in [5, 5.41) is 0. The van der Waals surface area contributed by atoms with Gasteiger partial charge in [0, 0.05) is 12.6 Å². The van der Waals surface area contributed by atoms with E-state index in [4.69, 9.17) is 0 Å². The van der Waals surface area contributed by atoms with Gasteiger partial charge in [-0.3, -0.25) is 0 Å². The number of piperidine rings is 1. The Morgan fingerprint density at radius 3 is 2.67 bits per heavy atom. The van der Waals surface area contributed by atoms with E-state index in [1.807, 2.05) is 11.9 Å². The molecule has 1 fully saturated rings. The van der Waals surface area contributed by atoms with Gasteiger partial charge in [-0.05, 0) is 26.0 Å². The highest BCUT2D eigenvalue weighted by Crippen LogP contribution is 2.21. The first kappa shape index (κ1) is 7.42. The van der Waals surface area contributed by atoms with Crippen molar-refractivity contribution in [1.29, 1.82) is 0 Å². The molecular weight excluding hydrogens is 130 g/mol. The summed E-state index contributed by atoms with van der Waals surface area (Å²) in [7, 11) is 0. The molecule has 0 N–H and O–H groups in total. The molecule has 0 saturated carbocycles. The third-order valence-corrected chi connectivity index (χ3v) is 2.99. The van der Waals surface area contributed by atoms with Gasteiger partial charge in [0.05, 0.1) is 0 Å². The fourth-order valence-electron chi connectivity index (χ4n) is 1.34. The zero-order valence-electron chi connectivity index (χ0n) is 6.26. The van der Waals surface area contributed by atoms with Crippen LogP contribution in [0.3, 0.4) is 0 Å². The molecule has 1 nitrogen and oxygen atoms in total. The Kier molecular flexibility index (Phi) is 2.86. The highest BCUT2D eigenvalue weighted by molar-refractivity contribution is 7.96. The maximum atomic E-state index is 2.48. The summed E-state index contributed by atoms with van der Waals surface area (Å²) >= 11 is 1.89. The predicted octanol–water partition coefficient (Wildman–Crippen LogP) is 2.14. The van der Waals surface area contributed by atoms with Crippen LogP contribution in [0, 0.1) is 0 Å². The van der Waals surface area contributed by atoms with Gasteiger partial charge in [0.25, 0.3) is 0 Å². The van der Waals surface area contributed by atoms with E-state index in [9.17, 15) is 0 Å². The monoisotopic (exact) mass is 145 g/mol. The molecule has 1 saturated heterocycles. The minimum absolute atomic E-state index is 0.814. The number of hydrogen-bond donors (Lipinski definition) is 0. The molecule has 9 heavy (non-hydrogen) atoms. The average Bonchev–Trinajstić information content (AvgIpc) is 1.89. The Morgan fingerprint density at radius 1 is 1.44 bits per heavy atom. The molecule has 2 heteroatoms. The van der Waals surface area contributed by atoms with Crippen molar-refractivity contribution < 1.29 is 0 Å². The molecule has 0 aromatic carbocycles. The first-order valence-corrected chi connectivity index (χ1v) is 4.83. The molecular formula is C7H15NS. The minimum Gasteiger partial charge on any atom is -0.248 e. The third kappa shape index (κ3) is 1.87. The van der Waals surface area contributed by atoms with Gasteiger partial charge in [0.2, 0.25) is 0 Å². The van der Waals surface area contributed by atoms with Gasteiger partial charge >= 0.3 is 0 Å². The summed E-state index contributed by atoms with van der Waals surface area (Å²) in [5.74, 6) is 0. The Labute approximate surface area is 61.9 Å². The van der Waals surface area contributed by atoms with Crippen LogP contribution in [-0.2, 0) is 0 Å².